The summed E-state index contributed by atoms with van der Waals surface area (Å²) in [4.78, 5) is 10.5. The fourth-order valence-corrected chi connectivity index (χ4v) is 2.91. The molecule has 0 saturated heterocycles. The second-order valence-electron chi connectivity index (χ2n) is 6.44. The highest BCUT2D eigenvalue weighted by Gasteiger charge is 2.09. The van der Waals surface area contributed by atoms with Crippen molar-refractivity contribution < 1.29 is 28.5 Å². The van der Waals surface area contributed by atoms with E-state index in [0.717, 1.165) is 28.0 Å². The Morgan fingerprint density at radius 1 is 1.00 bits per heavy atom. The van der Waals surface area contributed by atoms with Gasteiger partial charge in [0.1, 0.15) is 18.1 Å². The summed E-state index contributed by atoms with van der Waals surface area (Å²) in [6.07, 6.45) is 0. The predicted octanol–water partition coefficient (Wildman–Crippen LogP) is 4.85. The van der Waals surface area contributed by atoms with Crippen molar-refractivity contribution in [2.45, 2.75) is 13.5 Å². The van der Waals surface area contributed by atoms with E-state index in [1.807, 2.05) is 49.4 Å². The van der Waals surface area contributed by atoms with Gasteiger partial charge in [-0.3, -0.25) is 0 Å². The lowest BCUT2D eigenvalue weighted by Crippen LogP contribution is -2.10. The van der Waals surface area contributed by atoms with Crippen molar-refractivity contribution in [3.05, 3.63) is 77.6 Å². The Labute approximate surface area is 168 Å². The highest BCUT2D eigenvalue weighted by molar-refractivity contribution is 5.69. The number of carbonyl (C=O) groups is 1. The number of ether oxygens (including phenoxy) is 3. The highest BCUT2D eigenvalue weighted by Crippen LogP contribution is 2.28. The summed E-state index contributed by atoms with van der Waals surface area (Å²) in [7, 11) is 1.64. The summed E-state index contributed by atoms with van der Waals surface area (Å²) in [5.41, 5.74) is 4.18. The van der Waals surface area contributed by atoms with Gasteiger partial charge in [-0.2, -0.15) is 0 Å². The summed E-state index contributed by atoms with van der Waals surface area (Å²) in [5, 5.41) is 8.60. The van der Waals surface area contributed by atoms with Crippen LogP contribution in [0.2, 0.25) is 0 Å². The van der Waals surface area contributed by atoms with Crippen LogP contribution in [0.4, 0.5) is 4.39 Å². The Balaban J connectivity index is 1.70. The van der Waals surface area contributed by atoms with Gasteiger partial charge in [-0.15, -0.1) is 0 Å². The fourth-order valence-electron chi connectivity index (χ4n) is 2.91. The number of carboxylic acid groups (broad SMARTS) is 1. The normalized spacial score (nSPS) is 10.4. The fraction of sp³-hybridized carbons (Fsp3) is 0.174. The van der Waals surface area contributed by atoms with Gasteiger partial charge in [0.2, 0.25) is 0 Å². The number of aliphatic carboxylic acids is 1. The Bertz CT molecular complexity index is 1020. The van der Waals surface area contributed by atoms with E-state index < -0.39 is 18.4 Å². The lowest BCUT2D eigenvalue weighted by molar-refractivity contribution is -0.139. The van der Waals surface area contributed by atoms with Crippen molar-refractivity contribution in [1.29, 1.82) is 0 Å². The van der Waals surface area contributed by atoms with Gasteiger partial charge in [0.15, 0.2) is 18.2 Å². The summed E-state index contributed by atoms with van der Waals surface area (Å²) in [6, 6.07) is 17.9. The molecule has 5 nitrogen and oxygen atoms in total. The minimum absolute atomic E-state index is 0.128. The van der Waals surface area contributed by atoms with Gasteiger partial charge in [0, 0.05) is 6.07 Å². The Morgan fingerprint density at radius 3 is 2.48 bits per heavy atom. The van der Waals surface area contributed by atoms with Gasteiger partial charge >= 0.3 is 5.97 Å². The van der Waals surface area contributed by atoms with Crippen LogP contribution in [0, 0.1) is 12.7 Å². The highest BCUT2D eigenvalue weighted by atomic mass is 19.1. The largest absolute Gasteiger partial charge is 0.497 e. The molecule has 0 unspecified atom stereocenters. The molecule has 3 rings (SSSR count). The lowest BCUT2D eigenvalue weighted by Gasteiger charge is -2.11. The van der Waals surface area contributed by atoms with Crippen molar-refractivity contribution >= 4 is 5.97 Å². The Kier molecular flexibility index (Phi) is 6.34. The molecule has 3 aromatic rings. The third kappa shape index (κ3) is 5.25. The number of methoxy groups -OCH3 is 1. The standard InChI is InChI=1S/C23H21FO5/c1-15-10-18(27-2)6-8-20(15)17-5-3-4-16(11-17)13-28-19-7-9-22(21(24)12-19)29-14-23(25)26/h3-12H,13-14H2,1-2H3,(H,25,26). The van der Waals surface area contributed by atoms with Crippen LogP contribution in [0.3, 0.4) is 0 Å². The molecule has 0 radical (unpaired) electrons. The van der Waals surface area contributed by atoms with E-state index in [2.05, 4.69) is 0 Å². The summed E-state index contributed by atoms with van der Waals surface area (Å²) in [6.45, 7) is 1.68. The average Bonchev–Trinajstić information content (AvgIpc) is 2.71. The molecule has 150 valence electrons. The van der Waals surface area contributed by atoms with E-state index in [-0.39, 0.29) is 12.4 Å². The molecule has 0 aliphatic heterocycles. The molecule has 0 bridgehead atoms. The first kappa shape index (κ1) is 20.2. The average molecular weight is 396 g/mol. The van der Waals surface area contributed by atoms with Gasteiger partial charge in [-0.05, 0) is 59.5 Å². The lowest BCUT2D eigenvalue weighted by atomic mass is 9.99. The molecule has 29 heavy (non-hydrogen) atoms. The molecule has 0 aromatic heterocycles. The summed E-state index contributed by atoms with van der Waals surface area (Å²) in [5.74, 6) is -0.834. The van der Waals surface area contributed by atoms with Crippen LogP contribution in [0.25, 0.3) is 11.1 Å². The molecular formula is C23H21FO5. The number of halogens is 1. The van der Waals surface area contributed by atoms with E-state index in [4.69, 9.17) is 19.3 Å². The quantitative estimate of drug-likeness (QED) is 0.590. The number of hydrogen-bond donors (Lipinski definition) is 1. The molecule has 6 heteroatoms. The minimum atomic E-state index is -1.17. The van der Waals surface area contributed by atoms with Gasteiger partial charge in [0.05, 0.1) is 7.11 Å². The number of hydrogen-bond acceptors (Lipinski definition) is 4. The topological polar surface area (TPSA) is 65.0 Å². The molecule has 0 atom stereocenters. The molecule has 0 heterocycles. The van der Waals surface area contributed by atoms with E-state index in [0.29, 0.717) is 5.75 Å². The molecule has 0 aliphatic rings. The van der Waals surface area contributed by atoms with E-state index in [1.54, 1.807) is 7.11 Å². The van der Waals surface area contributed by atoms with Crippen LogP contribution in [0.15, 0.2) is 60.7 Å². The maximum atomic E-state index is 14.0. The van der Waals surface area contributed by atoms with Crippen molar-refractivity contribution in [3.63, 3.8) is 0 Å². The van der Waals surface area contributed by atoms with Crippen molar-refractivity contribution in [2.24, 2.45) is 0 Å². The number of aryl methyl sites for hydroxylation is 1. The van der Waals surface area contributed by atoms with Crippen LogP contribution in [0.5, 0.6) is 17.2 Å². The van der Waals surface area contributed by atoms with Gasteiger partial charge < -0.3 is 19.3 Å². The van der Waals surface area contributed by atoms with Gasteiger partial charge in [-0.25, -0.2) is 9.18 Å². The molecular weight excluding hydrogens is 375 g/mol. The van der Waals surface area contributed by atoms with Crippen LogP contribution in [0.1, 0.15) is 11.1 Å². The summed E-state index contributed by atoms with van der Waals surface area (Å²) >= 11 is 0. The number of benzene rings is 3. The monoisotopic (exact) mass is 396 g/mol. The third-order valence-electron chi connectivity index (χ3n) is 4.33. The van der Waals surface area contributed by atoms with Crippen LogP contribution in [-0.4, -0.2) is 24.8 Å². The zero-order valence-corrected chi connectivity index (χ0v) is 16.1. The number of carboxylic acids is 1. The smallest absolute Gasteiger partial charge is 0.341 e. The first-order valence-corrected chi connectivity index (χ1v) is 8.97. The molecule has 0 aliphatic carbocycles. The van der Waals surface area contributed by atoms with Crippen molar-refractivity contribution in [2.75, 3.05) is 13.7 Å². The van der Waals surface area contributed by atoms with Crippen LogP contribution >= 0.6 is 0 Å². The minimum Gasteiger partial charge on any atom is -0.497 e. The molecule has 0 spiro atoms. The molecule has 0 fully saturated rings. The molecule has 0 saturated carbocycles. The second kappa shape index (κ2) is 9.10. The maximum absolute atomic E-state index is 14.0. The van der Waals surface area contributed by atoms with E-state index in [9.17, 15) is 9.18 Å². The van der Waals surface area contributed by atoms with Crippen LogP contribution in [-0.2, 0) is 11.4 Å². The number of rotatable bonds is 8. The first-order valence-electron chi connectivity index (χ1n) is 8.97. The van der Waals surface area contributed by atoms with Crippen LogP contribution < -0.4 is 14.2 Å². The summed E-state index contributed by atoms with van der Waals surface area (Å²) < 4.78 is 29.8. The maximum Gasteiger partial charge on any atom is 0.341 e. The zero-order valence-electron chi connectivity index (χ0n) is 16.1. The zero-order chi connectivity index (χ0) is 20.8. The van der Waals surface area contributed by atoms with E-state index in [1.165, 1.54) is 18.2 Å². The first-order chi connectivity index (χ1) is 14.0. The predicted molar refractivity (Wildman–Crippen MR) is 107 cm³/mol. The Morgan fingerprint density at radius 2 is 1.79 bits per heavy atom. The van der Waals surface area contributed by atoms with Crippen molar-refractivity contribution in [1.82, 2.24) is 0 Å². The van der Waals surface area contributed by atoms with Gasteiger partial charge in [0.25, 0.3) is 0 Å². The SMILES string of the molecule is COc1ccc(-c2cccc(COc3ccc(OCC(=O)O)c(F)c3)c2)c(C)c1. The van der Waals surface area contributed by atoms with Crippen molar-refractivity contribution in [3.8, 4) is 28.4 Å². The molecule has 0 amide bonds. The van der Waals surface area contributed by atoms with E-state index >= 15 is 0 Å². The molecule has 3 aromatic carbocycles. The molecule has 1 N–H and O–H groups in total. The Hall–Kier alpha value is -3.54. The second-order valence-corrected chi connectivity index (χ2v) is 6.44. The third-order valence-corrected chi connectivity index (χ3v) is 4.33. The van der Waals surface area contributed by atoms with Gasteiger partial charge in [-0.1, -0.05) is 24.3 Å².